The van der Waals surface area contributed by atoms with E-state index in [0.717, 1.165) is 33.7 Å². The molecule has 0 bridgehead atoms. The number of thioether (sulfide) groups is 1. The first-order valence-corrected chi connectivity index (χ1v) is 9.82. The van der Waals surface area contributed by atoms with E-state index < -0.39 is 0 Å². The van der Waals surface area contributed by atoms with Gasteiger partial charge in [0.2, 0.25) is 5.13 Å². The summed E-state index contributed by atoms with van der Waals surface area (Å²) in [5.74, 6) is 0.588. The van der Waals surface area contributed by atoms with E-state index in [-0.39, 0.29) is 5.78 Å². The van der Waals surface area contributed by atoms with Gasteiger partial charge in [0.15, 0.2) is 10.1 Å². The molecule has 0 aromatic carbocycles. The standard InChI is InChI=1S/C16H22N4OS2/c1-4-7-17-15-18-19-16(23-15)22-9-14(21)13-8-10(2)20(11(13)3)12-5-6-12/h8,12H,4-7,9H2,1-3H3,(H,17,18). The third-order valence-corrected chi connectivity index (χ3v) is 5.97. The highest BCUT2D eigenvalue weighted by Crippen LogP contribution is 2.38. The number of hydrogen-bond donors (Lipinski definition) is 1. The Labute approximate surface area is 144 Å². The van der Waals surface area contributed by atoms with Crippen molar-refractivity contribution in [3.63, 3.8) is 0 Å². The van der Waals surface area contributed by atoms with Crippen LogP contribution in [0.4, 0.5) is 5.13 Å². The molecular weight excluding hydrogens is 328 g/mol. The first kappa shape index (κ1) is 16.5. The Bertz CT molecular complexity index is 703. The van der Waals surface area contributed by atoms with Gasteiger partial charge < -0.3 is 9.88 Å². The molecule has 0 radical (unpaired) electrons. The van der Waals surface area contributed by atoms with E-state index in [0.29, 0.717) is 11.8 Å². The molecule has 0 aliphatic heterocycles. The Morgan fingerprint density at radius 3 is 2.91 bits per heavy atom. The summed E-state index contributed by atoms with van der Waals surface area (Å²) in [6, 6.07) is 2.64. The zero-order valence-corrected chi connectivity index (χ0v) is 15.4. The maximum Gasteiger partial charge on any atom is 0.206 e. The number of Topliss-reactive ketones (excluding diaryl/α,β-unsaturated/α-hetero) is 1. The van der Waals surface area contributed by atoms with E-state index in [1.807, 2.05) is 6.07 Å². The van der Waals surface area contributed by atoms with Gasteiger partial charge in [0.25, 0.3) is 0 Å². The molecule has 0 unspecified atom stereocenters. The second-order valence-electron chi connectivity index (χ2n) is 5.90. The van der Waals surface area contributed by atoms with Crippen LogP contribution in [0.5, 0.6) is 0 Å². The lowest BCUT2D eigenvalue weighted by atomic mass is 10.2. The summed E-state index contributed by atoms with van der Waals surface area (Å²) in [5, 5.41) is 12.3. The fourth-order valence-corrected chi connectivity index (χ4v) is 4.39. The lowest BCUT2D eigenvalue weighted by molar-refractivity contribution is 0.102. The number of rotatable bonds is 8. The SMILES string of the molecule is CCCNc1nnc(SCC(=O)c2cc(C)n(C3CC3)c2C)s1. The summed E-state index contributed by atoms with van der Waals surface area (Å²) in [7, 11) is 0. The van der Waals surface area contributed by atoms with E-state index in [1.54, 1.807) is 0 Å². The molecule has 1 aliphatic rings. The van der Waals surface area contributed by atoms with Crippen LogP contribution < -0.4 is 5.32 Å². The first-order chi connectivity index (χ1) is 11.1. The minimum Gasteiger partial charge on any atom is -0.360 e. The van der Waals surface area contributed by atoms with Crippen LogP contribution >= 0.6 is 23.1 Å². The third-order valence-electron chi connectivity index (χ3n) is 3.96. The van der Waals surface area contributed by atoms with Gasteiger partial charge in [-0.05, 0) is 39.2 Å². The topological polar surface area (TPSA) is 59.8 Å². The zero-order valence-electron chi connectivity index (χ0n) is 13.8. The number of nitrogens with zero attached hydrogens (tertiary/aromatic N) is 3. The molecule has 2 aromatic rings. The Morgan fingerprint density at radius 1 is 1.43 bits per heavy atom. The second kappa shape index (κ2) is 7.05. The van der Waals surface area contributed by atoms with Crippen molar-refractivity contribution < 1.29 is 4.79 Å². The molecule has 0 spiro atoms. The smallest absolute Gasteiger partial charge is 0.206 e. The fraction of sp³-hybridized carbons (Fsp3) is 0.562. The Balaban J connectivity index is 1.61. The van der Waals surface area contributed by atoms with Crippen LogP contribution in [0, 0.1) is 13.8 Å². The Hall–Kier alpha value is -1.34. The number of aryl methyl sites for hydroxylation is 1. The fourth-order valence-electron chi connectivity index (χ4n) is 2.73. The van der Waals surface area contributed by atoms with Crippen molar-refractivity contribution in [1.82, 2.24) is 14.8 Å². The number of hydrogen-bond acceptors (Lipinski definition) is 6. The molecule has 124 valence electrons. The zero-order chi connectivity index (χ0) is 16.4. The average Bonchev–Trinajstić information content (AvgIpc) is 3.18. The molecular formula is C16H22N4OS2. The Kier molecular flexibility index (Phi) is 5.06. The van der Waals surface area contributed by atoms with Crippen LogP contribution in [-0.4, -0.2) is 32.8 Å². The van der Waals surface area contributed by atoms with Gasteiger partial charge in [-0.15, -0.1) is 10.2 Å². The molecule has 1 aliphatic carbocycles. The van der Waals surface area contributed by atoms with Crippen molar-refractivity contribution in [2.75, 3.05) is 17.6 Å². The maximum absolute atomic E-state index is 12.5. The van der Waals surface area contributed by atoms with Crippen LogP contribution in [0.15, 0.2) is 10.4 Å². The van der Waals surface area contributed by atoms with Gasteiger partial charge in [0.05, 0.1) is 5.75 Å². The van der Waals surface area contributed by atoms with E-state index in [1.165, 1.54) is 41.6 Å². The molecule has 0 amide bonds. The minimum absolute atomic E-state index is 0.174. The van der Waals surface area contributed by atoms with Crippen molar-refractivity contribution in [1.29, 1.82) is 0 Å². The van der Waals surface area contributed by atoms with Gasteiger partial charge in [0, 0.05) is 29.5 Å². The van der Waals surface area contributed by atoms with Crippen LogP contribution in [0.2, 0.25) is 0 Å². The maximum atomic E-state index is 12.5. The number of ketones is 1. The van der Waals surface area contributed by atoms with Gasteiger partial charge in [-0.2, -0.15) is 0 Å². The molecule has 1 saturated carbocycles. The van der Waals surface area contributed by atoms with Crippen LogP contribution in [0.25, 0.3) is 0 Å². The second-order valence-corrected chi connectivity index (χ2v) is 8.10. The molecule has 5 nitrogen and oxygen atoms in total. The van der Waals surface area contributed by atoms with Crippen LogP contribution in [-0.2, 0) is 0 Å². The van der Waals surface area contributed by atoms with Crippen molar-refractivity contribution in [2.45, 2.75) is 50.4 Å². The van der Waals surface area contributed by atoms with E-state index in [4.69, 9.17) is 0 Å². The molecule has 0 atom stereocenters. The highest BCUT2D eigenvalue weighted by Gasteiger charge is 2.28. The van der Waals surface area contributed by atoms with Crippen molar-refractivity contribution >= 4 is 34.0 Å². The number of carbonyl (C=O) groups excluding carboxylic acids is 1. The van der Waals surface area contributed by atoms with Crippen LogP contribution in [0.3, 0.4) is 0 Å². The lowest BCUT2D eigenvalue weighted by Gasteiger charge is -2.07. The summed E-state index contributed by atoms with van der Waals surface area (Å²) in [5.41, 5.74) is 3.16. The number of aromatic nitrogens is 3. The van der Waals surface area contributed by atoms with Gasteiger partial charge >= 0.3 is 0 Å². The summed E-state index contributed by atoms with van der Waals surface area (Å²) < 4.78 is 3.16. The third kappa shape index (κ3) is 3.77. The minimum atomic E-state index is 0.174. The average molecular weight is 351 g/mol. The number of carbonyl (C=O) groups is 1. The van der Waals surface area contributed by atoms with Crippen molar-refractivity contribution in [3.05, 3.63) is 23.0 Å². The largest absolute Gasteiger partial charge is 0.360 e. The quantitative estimate of drug-likeness (QED) is 0.574. The first-order valence-electron chi connectivity index (χ1n) is 8.02. The molecule has 7 heteroatoms. The molecule has 2 heterocycles. The summed E-state index contributed by atoms with van der Waals surface area (Å²) in [6.07, 6.45) is 3.52. The highest BCUT2D eigenvalue weighted by atomic mass is 32.2. The van der Waals surface area contributed by atoms with E-state index >= 15 is 0 Å². The Morgan fingerprint density at radius 2 is 2.22 bits per heavy atom. The predicted octanol–water partition coefficient (Wildman–Crippen LogP) is 4.09. The van der Waals surface area contributed by atoms with Gasteiger partial charge in [0.1, 0.15) is 0 Å². The normalized spacial score (nSPS) is 14.2. The molecule has 3 rings (SSSR count). The predicted molar refractivity (Wildman–Crippen MR) is 95.9 cm³/mol. The van der Waals surface area contributed by atoms with Crippen molar-refractivity contribution in [2.24, 2.45) is 0 Å². The van der Waals surface area contributed by atoms with Crippen LogP contribution in [0.1, 0.15) is 54.0 Å². The van der Waals surface area contributed by atoms with Gasteiger partial charge in [-0.25, -0.2) is 0 Å². The lowest BCUT2D eigenvalue weighted by Crippen LogP contribution is -2.05. The highest BCUT2D eigenvalue weighted by molar-refractivity contribution is 8.01. The van der Waals surface area contributed by atoms with E-state index in [2.05, 4.69) is 40.9 Å². The number of anilines is 1. The summed E-state index contributed by atoms with van der Waals surface area (Å²) in [6.45, 7) is 7.15. The summed E-state index contributed by atoms with van der Waals surface area (Å²) in [4.78, 5) is 12.5. The molecule has 0 saturated heterocycles. The van der Waals surface area contributed by atoms with Gasteiger partial charge in [-0.1, -0.05) is 30.0 Å². The summed E-state index contributed by atoms with van der Waals surface area (Å²) >= 11 is 2.98. The molecule has 1 N–H and O–H groups in total. The monoisotopic (exact) mass is 350 g/mol. The van der Waals surface area contributed by atoms with E-state index in [9.17, 15) is 4.79 Å². The molecule has 23 heavy (non-hydrogen) atoms. The van der Waals surface area contributed by atoms with Gasteiger partial charge in [-0.3, -0.25) is 4.79 Å². The van der Waals surface area contributed by atoms with Crippen molar-refractivity contribution in [3.8, 4) is 0 Å². The molecule has 1 fully saturated rings. The number of nitrogens with one attached hydrogen (secondary N) is 1. The molecule has 2 aromatic heterocycles.